The fourth-order valence-corrected chi connectivity index (χ4v) is 2.54. The molecular formula is C15H12N2O5. The number of esters is 1. The second-order valence-corrected chi connectivity index (χ2v) is 4.67. The highest BCUT2D eigenvalue weighted by Crippen LogP contribution is 2.33. The molecule has 0 bridgehead atoms. The van der Waals surface area contributed by atoms with Gasteiger partial charge in [0.05, 0.1) is 22.4 Å². The van der Waals surface area contributed by atoms with E-state index in [1.807, 2.05) is 0 Å². The number of aromatic nitrogens is 1. The van der Waals surface area contributed by atoms with Crippen LogP contribution in [0.25, 0.3) is 16.3 Å². The molecule has 2 aromatic heterocycles. The van der Waals surface area contributed by atoms with Gasteiger partial charge in [-0.25, -0.2) is 4.79 Å². The molecule has 0 amide bonds. The zero-order valence-electron chi connectivity index (χ0n) is 11.6. The maximum Gasteiger partial charge on any atom is 0.359 e. The molecule has 3 aromatic rings. The van der Waals surface area contributed by atoms with Crippen molar-refractivity contribution in [2.75, 3.05) is 6.61 Å². The highest BCUT2D eigenvalue weighted by Gasteiger charge is 2.21. The SMILES string of the molecule is CCOC(=O)c1c(O)cc2c3cccc([N+](=O)[O-])c3ccn12. The number of benzene rings is 1. The topological polar surface area (TPSA) is 94.1 Å². The normalized spacial score (nSPS) is 11.0. The number of nitrogens with zero attached hydrogens (tertiary/aromatic N) is 2. The van der Waals surface area contributed by atoms with E-state index in [1.54, 1.807) is 25.1 Å². The van der Waals surface area contributed by atoms with Crippen LogP contribution in [0, 0.1) is 10.1 Å². The van der Waals surface area contributed by atoms with Gasteiger partial charge in [-0.15, -0.1) is 0 Å². The number of carbonyl (C=O) groups excluding carboxylic acids is 1. The van der Waals surface area contributed by atoms with Crippen LogP contribution in [0.15, 0.2) is 36.5 Å². The summed E-state index contributed by atoms with van der Waals surface area (Å²) in [5.41, 5.74) is 0.477. The molecule has 1 N–H and O–H groups in total. The van der Waals surface area contributed by atoms with E-state index in [0.29, 0.717) is 16.3 Å². The summed E-state index contributed by atoms with van der Waals surface area (Å²) in [5.74, 6) is -0.873. The fourth-order valence-electron chi connectivity index (χ4n) is 2.54. The molecule has 0 fully saturated rings. The number of pyridine rings is 1. The number of non-ortho nitro benzene ring substituents is 1. The zero-order chi connectivity index (χ0) is 15.9. The number of nitro groups is 1. The first-order valence-electron chi connectivity index (χ1n) is 6.62. The predicted octanol–water partition coefficient (Wildman–Crippen LogP) is 2.88. The van der Waals surface area contributed by atoms with Crippen molar-refractivity contribution < 1.29 is 19.6 Å². The third kappa shape index (κ3) is 1.95. The van der Waals surface area contributed by atoms with Gasteiger partial charge in [-0.2, -0.15) is 0 Å². The second kappa shape index (κ2) is 5.03. The van der Waals surface area contributed by atoms with E-state index >= 15 is 0 Å². The van der Waals surface area contributed by atoms with Crippen molar-refractivity contribution in [3.05, 3.63) is 52.3 Å². The lowest BCUT2D eigenvalue weighted by molar-refractivity contribution is -0.383. The molecule has 0 spiro atoms. The summed E-state index contributed by atoms with van der Waals surface area (Å²) < 4.78 is 6.39. The van der Waals surface area contributed by atoms with Gasteiger partial charge >= 0.3 is 5.97 Å². The van der Waals surface area contributed by atoms with E-state index < -0.39 is 10.9 Å². The number of hydrogen-bond acceptors (Lipinski definition) is 5. The van der Waals surface area contributed by atoms with Gasteiger partial charge in [0.2, 0.25) is 0 Å². The summed E-state index contributed by atoms with van der Waals surface area (Å²) >= 11 is 0. The van der Waals surface area contributed by atoms with Gasteiger partial charge in [0, 0.05) is 23.7 Å². The summed E-state index contributed by atoms with van der Waals surface area (Å²) in [5, 5.41) is 22.1. The zero-order valence-corrected chi connectivity index (χ0v) is 11.6. The lowest BCUT2D eigenvalue weighted by Crippen LogP contribution is -2.08. The molecule has 3 rings (SSSR count). The van der Waals surface area contributed by atoms with E-state index in [4.69, 9.17) is 4.74 Å². The van der Waals surface area contributed by atoms with Crippen LogP contribution in [0.2, 0.25) is 0 Å². The van der Waals surface area contributed by atoms with Crippen LogP contribution in [-0.4, -0.2) is 27.0 Å². The Bertz CT molecular complexity index is 913. The Balaban J connectivity index is 2.35. The molecule has 0 aliphatic heterocycles. The van der Waals surface area contributed by atoms with E-state index in [9.17, 15) is 20.0 Å². The Morgan fingerprint density at radius 2 is 2.14 bits per heavy atom. The lowest BCUT2D eigenvalue weighted by atomic mass is 10.1. The number of carbonyl (C=O) groups is 1. The van der Waals surface area contributed by atoms with Gasteiger partial charge in [0.25, 0.3) is 5.69 Å². The van der Waals surface area contributed by atoms with Crippen molar-refractivity contribution in [3.8, 4) is 5.75 Å². The Labute approximate surface area is 124 Å². The van der Waals surface area contributed by atoms with Crippen LogP contribution < -0.4 is 0 Å². The van der Waals surface area contributed by atoms with Crippen LogP contribution in [0.4, 0.5) is 5.69 Å². The highest BCUT2D eigenvalue weighted by atomic mass is 16.6. The second-order valence-electron chi connectivity index (χ2n) is 4.67. The molecule has 7 nitrogen and oxygen atoms in total. The Hall–Kier alpha value is -3.09. The Morgan fingerprint density at radius 3 is 2.82 bits per heavy atom. The first kappa shape index (κ1) is 13.9. The smallest absolute Gasteiger partial charge is 0.359 e. The summed E-state index contributed by atoms with van der Waals surface area (Å²) in [6.45, 7) is 1.86. The minimum Gasteiger partial charge on any atom is -0.505 e. The number of hydrogen-bond donors (Lipinski definition) is 1. The Kier molecular flexibility index (Phi) is 3.17. The lowest BCUT2D eigenvalue weighted by Gasteiger charge is -2.05. The van der Waals surface area contributed by atoms with Crippen molar-refractivity contribution in [2.24, 2.45) is 0 Å². The summed E-state index contributed by atoms with van der Waals surface area (Å²) in [4.78, 5) is 22.6. The highest BCUT2D eigenvalue weighted by molar-refractivity contribution is 6.04. The average molecular weight is 300 g/mol. The van der Waals surface area contributed by atoms with Gasteiger partial charge < -0.3 is 14.2 Å². The summed E-state index contributed by atoms with van der Waals surface area (Å²) in [6.07, 6.45) is 1.51. The number of ether oxygens (including phenoxy) is 1. The van der Waals surface area contributed by atoms with Crippen molar-refractivity contribution in [1.82, 2.24) is 4.40 Å². The minimum atomic E-state index is -0.648. The van der Waals surface area contributed by atoms with Gasteiger partial charge in [-0.05, 0) is 13.0 Å². The third-order valence-electron chi connectivity index (χ3n) is 3.43. The van der Waals surface area contributed by atoms with Crippen molar-refractivity contribution in [1.29, 1.82) is 0 Å². The van der Waals surface area contributed by atoms with Crippen molar-refractivity contribution in [2.45, 2.75) is 6.92 Å². The molecule has 0 atom stereocenters. The first-order chi connectivity index (χ1) is 10.5. The molecule has 0 saturated heterocycles. The quantitative estimate of drug-likeness (QED) is 0.456. The van der Waals surface area contributed by atoms with Crippen molar-refractivity contribution >= 4 is 27.9 Å². The monoisotopic (exact) mass is 300 g/mol. The molecule has 0 unspecified atom stereocenters. The van der Waals surface area contributed by atoms with Crippen LogP contribution in [0.5, 0.6) is 5.75 Å². The molecule has 0 saturated carbocycles. The van der Waals surface area contributed by atoms with Crippen LogP contribution in [-0.2, 0) is 4.74 Å². The largest absolute Gasteiger partial charge is 0.505 e. The van der Waals surface area contributed by atoms with E-state index in [0.717, 1.165) is 0 Å². The van der Waals surface area contributed by atoms with Crippen LogP contribution in [0.1, 0.15) is 17.4 Å². The van der Waals surface area contributed by atoms with Gasteiger partial charge in [-0.1, -0.05) is 12.1 Å². The van der Waals surface area contributed by atoms with Crippen LogP contribution in [0.3, 0.4) is 0 Å². The molecule has 112 valence electrons. The van der Waals surface area contributed by atoms with Crippen molar-refractivity contribution in [3.63, 3.8) is 0 Å². The molecule has 7 heteroatoms. The number of rotatable bonds is 3. The molecule has 1 aromatic carbocycles. The van der Waals surface area contributed by atoms with E-state index in [-0.39, 0.29) is 23.7 Å². The van der Waals surface area contributed by atoms with E-state index in [2.05, 4.69) is 0 Å². The van der Waals surface area contributed by atoms with Gasteiger partial charge in [-0.3, -0.25) is 10.1 Å². The summed E-state index contributed by atoms with van der Waals surface area (Å²) in [6, 6.07) is 7.62. The predicted molar refractivity (Wildman–Crippen MR) is 79.2 cm³/mol. The number of nitro benzene ring substituents is 1. The van der Waals surface area contributed by atoms with Gasteiger partial charge in [0.1, 0.15) is 5.75 Å². The molecule has 0 aliphatic rings. The average Bonchev–Trinajstić information content (AvgIpc) is 2.83. The third-order valence-corrected chi connectivity index (χ3v) is 3.43. The summed E-state index contributed by atoms with van der Waals surface area (Å²) in [7, 11) is 0. The number of fused-ring (bicyclic) bond motifs is 3. The van der Waals surface area contributed by atoms with Crippen LogP contribution >= 0.6 is 0 Å². The van der Waals surface area contributed by atoms with Gasteiger partial charge in [0.15, 0.2) is 5.69 Å². The molecule has 0 aliphatic carbocycles. The number of aromatic hydroxyl groups is 1. The van der Waals surface area contributed by atoms with E-state index in [1.165, 1.54) is 22.7 Å². The maximum atomic E-state index is 11.9. The first-order valence-corrected chi connectivity index (χ1v) is 6.62. The minimum absolute atomic E-state index is 0.00487. The molecule has 2 heterocycles. The Morgan fingerprint density at radius 1 is 1.36 bits per heavy atom. The molecule has 0 radical (unpaired) electrons. The fraction of sp³-hybridized carbons (Fsp3) is 0.133. The molecular weight excluding hydrogens is 288 g/mol. The maximum absolute atomic E-state index is 11.9. The standard InChI is InChI=1S/C15H12N2O5/c1-2-22-15(19)14-13(18)8-12-9-4-3-5-11(17(20)21)10(9)6-7-16(12)14/h3-8,18H,2H2,1H3. The molecule has 22 heavy (non-hydrogen) atoms.